The molecule has 0 unspecified atom stereocenters. The Morgan fingerprint density at radius 2 is 2.00 bits per heavy atom. The second-order valence-electron chi connectivity index (χ2n) is 3.45. The van der Waals surface area contributed by atoms with Gasteiger partial charge in [0.1, 0.15) is 12.1 Å². The Morgan fingerprint density at radius 3 is 2.61 bits per heavy atom. The molecule has 0 bridgehead atoms. The number of ether oxygens (including phenoxy) is 1. The molecular formula is C12H11N3O3. The minimum absolute atomic E-state index is 0.237. The number of hydrogen-bond donors (Lipinski definition) is 2. The Balaban J connectivity index is 2.15. The standard InChI is InChI=1S/C12H11N3O3/c1-18-11-6-10(13-7-14-11)15-9-4-2-8(3-5-9)12(16)17/h2-7H,1H3,(H,16,17)(H,13,14,15). The molecule has 0 fully saturated rings. The van der Waals surface area contributed by atoms with E-state index < -0.39 is 5.97 Å². The molecule has 0 aliphatic carbocycles. The largest absolute Gasteiger partial charge is 0.481 e. The van der Waals surface area contributed by atoms with Gasteiger partial charge in [0.25, 0.3) is 0 Å². The molecule has 2 N–H and O–H groups in total. The first-order valence-electron chi connectivity index (χ1n) is 5.15. The van der Waals surface area contributed by atoms with Crippen LogP contribution in [0.5, 0.6) is 5.88 Å². The number of aromatic carboxylic acids is 1. The molecule has 6 heteroatoms. The van der Waals surface area contributed by atoms with Crippen molar-refractivity contribution in [1.82, 2.24) is 9.97 Å². The minimum atomic E-state index is -0.953. The fraction of sp³-hybridized carbons (Fsp3) is 0.0833. The van der Waals surface area contributed by atoms with E-state index >= 15 is 0 Å². The lowest BCUT2D eigenvalue weighted by Gasteiger charge is -2.06. The Hall–Kier alpha value is -2.63. The molecule has 0 aliphatic heterocycles. The Labute approximate surface area is 103 Å². The molecular weight excluding hydrogens is 234 g/mol. The van der Waals surface area contributed by atoms with Crippen LogP contribution >= 0.6 is 0 Å². The van der Waals surface area contributed by atoms with E-state index in [0.717, 1.165) is 5.69 Å². The van der Waals surface area contributed by atoms with Crippen LogP contribution in [0.1, 0.15) is 10.4 Å². The molecule has 6 nitrogen and oxygen atoms in total. The summed E-state index contributed by atoms with van der Waals surface area (Å²) >= 11 is 0. The lowest BCUT2D eigenvalue weighted by molar-refractivity contribution is 0.0697. The maximum atomic E-state index is 10.7. The summed E-state index contributed by atoms with van der Waals surface area (Å²) in [6, 6.07) is 8.01. The van der Waals surface area contributed by atoms with Gasteiger partial charge in [-0.15, -0.1) is 0 Å². The van der Waals surface area contributed by atoms with E-state index in [4.69, 9.17) is 9.84 Å². The first kappa shape index (κ1) is 11.8. The number of aromatic nitrogens is 2. The maximum Gasteiger partial charge on any atom is 0.335 e. The lowest BCUT2D eigenvalue weighted by Crippen LogP contribution is -1.98. The van der Waals surface area contributed by atoms with Crippen molar-refractivity contribution in [2.75, 3.05) is 12.4 Å². The smallest absolute Gasteiger partial charge is 0.335 e. The molecule has 0 atom stereocenters. The number of carbonyl (C=O) groups is 1. The Morgan fingerprint density at radius 1 is 1.28 bits per heavy atom. The normalized spacial score (nSPS) is 9.83. The van der Waals surface area contributed by atoms with Crippen molar-refractivity contribution < 1.29 is 14.6 Å². The monoisotopic (exact) mass is 245 g/mol. The predicted octanol–water partition coefficient (Wildman–Crippen LogP) is 1.93. The molecule has 1 aromatic heterocycles. The van der Waals surface area contributed by atoms with E-state index in [1.807, 2.05) is 0 Å². The van der Waals surface area contributed by atoms with Gasteiger partial charge in [-0.05, 0) is 24.3 Å². The van der Waals surface area contributed by atoms with Crippen molar-refractivity contribution in [3.05, 3.63) is 42.2 Å². The van der Waals surface area contributed by atoms with Crippen LogP contribution in [0.3, 0.4) is 0 Å². The van der Waals surface area contributed by atoms with Crippen LogP contribution in [0.15, 0.2) is 36.7 Å². The zero-order valence-electron chi connectivity index (χ0n) is 9.62. The SMILES string of the molecule is COc1cc(Nc2ccc(C(=O)O)cc2)ncn1. The number of rotatable bonds is 4. The highest BCUT2D eigenvalue weighted by molar-refractivity contribution is 5.88. The molecule has 0 saturated heterocycles. The number of nitrogens with zero attached hydrogens (tertiary/aromatic N) is 2. The fourth-order valence-corrected chi connectivity index (χ4v) is 1.36. The molecule has 1 heterocycles. The summed E-state index contributed by atoms with van der Waals surface area (Å²) in [7, 11) is 1.52. The highest BCUT2D eigenvalue weighted by atomic mass is 16.5. The third-order valence-electron chi connectivity index (χ3n) is 2.26. The van der Waals surface area contributed by atoms with Crippen LogP contribution in [0, 0.1) is 0 Å². The number of methoxy groups -OCH3 is 1. The first-order chi connectivity index (χ1) is 8.69. The molecule has 2 rings (SSSR count). The molecule has 1 aromatic carbocycles. The van der Waals surface area contributed by atoms with Crippen molar-refractivity contribution in [3.8, 4) is 5.88 Å². The Kier molecular flexibility index (Phi) is 3.38. The lowest BCUT2D eigenvalue weighted by atomic mass is 10.2. The topological polar surface area (TPSA) is 84.3 Å². The second kappa shape index (κ2) is 5.13. The fourth-order valence-electron chi connectivity index (χ4n) is 1.36. The van der Waals surface area contributed by atoms with Gasteiger partial charge in [0, 0.05) is 11.8 Å². The van der Waals surface area contributed by atoms with E-state index in [2.05, 4.69) is 15.3 Å². The van der Waals surface area contributed by atoms with Crippen molar-refractivity contribution in [1.29, 1.82) is 0 Å². The quantitative estimate of drug-likeness (QED) is 0.856. The molecule has 0 aliphatic rings. The summed E-state index contributed by atoms with van der Waals surface area (Å²) in [5.74, 6) is 0.0739. The average Bonchev–Trinajstić information content (AvgIpc) is 2.39. The molecule has 18 heavy (non-hydrogen) atoms. The van der Waals surface area contributed by atoms with Crippen LogP contribution < -0.4 is 10.1 Å². The van der Waals surface area contributed by atoms with Crippen LogP contribution in [0.25, 0.3) is 0 Å². The molecule has 0 saturated carbocycles. The van der Waals surface area contributed by atoms with E-state index in [1.165, 1.54) is 25.6 Å². The zero-order chi connectivity index (χ0) is 13.0. The van der Waals surface area contributed by atoms with Crippen molar-refractivity contribution in [2.24, 2.45) is 0 Å². The van der Waals surface area contributed by atoms with Gasteiger partial charge in [-0.2, -0.15) is 0 Å². The van der Waals surface area contributed by atoms with Gasteiger partial charge in [-0.25, -0.2) is 14.8 Å². The molecule has 2 aromatic rings. The van der Waals surface area contributed by atoms with E-state index in [0.29, 0.717) is 11.7 Å². The highest BCUT2D eigenvalue weighted by Gasteiger charge is 2.03. The summed E-state index contributed by atoms with van der Waals surface area (Å²) in [5, 5.41) is 11.8. The van der Waals surface area contributed by atoms with Crippen LogP contribution in [0.2, 0.25) is 0 Å². The van der Waals surface area contributed by atoms with Gasteiger partial charge in [-0.1, -0.05) is 0 Å². The average molecular weight is 245 g/mol. The van der Waals surface area contributed by atoms with Gasteiger partial charge in [0.15, 0.2) is 0 Å². The van der Waals surface area contributed by atoms with E-state index in [9.17, 15) is 4.79 Å². The third kappa shape index (κ3) is 2.73. The summed E-state index contributed by atoms with van der Waals surface area (Å²) in [6.45, 7) is 0. The molecule has 92 valence electrons. The maximum absolute atomic E-state index is 10.7. The third-order valence-corrected chi connectivity index (χ3v) is 2.26. The van der Waals surface area contributed by atoms with Crippen molar-refractivity contribution >= 4 is 17.5 Å². The van der Waals surface area contributed by atoms with Gasteiger partial charge >= 0.3 is 5.97 Å². The summed E-state index contributed by atoms with van der Waals surface area (Å²) in [5.41, 5.74) is 0.974. The summed E-state index contributed by atoms with van der Waals surface area (Å²) in [4.78, 5) is 18.6. The molecule has 0 radical (unpaired) electrons. The Bertz CT molecular complexity index is 555. The predicted molar refractivity (Wildman–Crippen MR) is 65.3 cm³/mol. The number of hydrogen-bond acceptors (Lipinski definition) is 5. The molecule has 0 spiro atoms. The van der Waals surface area contributed by atoms with Crippen molar-refractivity contribution in [2.45, 2.75) is 0 Å². The van der Waals surface area contributed by atoms with Crippen LogP contribution in [-0.2, 0) is 0 Å². The molecule has 0 amide bonds. The van der Waals surface area contributed by atoms with Crippen molar-refractivity contribution in [3.63, 3.8) is 0 Å². The number of nitrogens with one attached hydrogen (secondary N) is 1. The van der Waals surface area contributed by atoms with Crippen LogP contribution in [0.4, 0.5) is 11.5 Å². The van der Waals surface area contributed by atoms with Crippen LogP contribution in [-0.4, -0.2) is 28.2 Å². The first-order valence-corrected chi connectivity index (χ1v) is 5.15. The number of benzene rings is 1. The summed E-state index contributed by atoms with van der Waals surface area (Å²) in [6.07, 6.45) is 1.38. The number of carboxylic acid groups (broad SMARTS) is 1. The van der Waals surface area contributed by atoms with E-state index in [1.54, 1.807) is 18.2 Å². The van der Waals surface area contributed by atoms with Gasteiger partial charge in [0.05, 0.1) is 12.7 Å². The highest BCUT2D eigenvalue weighted by Crippen LogP contribution is 2.17. The van der Waals surface area contributed by atoms with E-state index in [-0.39, 0.29) is 5.56 Å². The number of carboxylic acids is 1. The zero-order valence-corrected chi connectivity index (χ0v) is 9.62. The number of anilines is 2. The van der Waals surface area contributed by atoms with Gasteiger partial charge in [-0.3, -0.25) is 0 Å². The van der Waals surface area contributed by atoms with Gasteiger partial charge in [0.2, 0.25) is 5.88 Å². The second-order valence-corrected chi connectivity index (χ2v) is 3.45. The summed E-state index contributed by atoms with van der Waals surface area (Å²) < 4.78 is 4.97. The minimum Gasteiger partial charge on any atom is -0.481 e. The van der Waals surface area contributed by atoms with Gasteiger partial charge < -0.3 is 15.2 Å².